The molecule has 2 aliphatic rings. The van der Waals surface area contributed by atoms with E-state index in [2.05, 4.69) is 142 Å². The number of hydrogen-bond acceptors (Lipinski definition) is 1. The maximum Gasteiger partial charge on any atom is 0.218 e. The van der Waals surface area contributed by atoms with Gasteiger partial charge in [0.05, 0.1) is 20.1 Å². The number of allylic oxidation sites excluding steroid dienone is 1. The van der Waals surface area contributed by atoms with Gasteiger partial charge < -0.3 is 0 Å². The Morgan fingerprint density at radius 3 is 2.30 bits per heavy atom. The van der Waals surface area contributed by atoms with Crippen molar-refractivity contribution in [2.45, 2.75) is 84.0 Å². The van der Waals surface area contributed by atoms with Crippen LogP contribution in [0.3, 0.4) is 0 Å². The van der Waals surface area contributed by atoms with Gasteiger partial charge in [0.25, 0.3) is 0 Å². The number of fused-ring (bicyclic) bond motifs is 12. The molecule has 9 rings (SSSR count). The topological polar surface area (TPSA) is 7.76 Å². The molecule has 2 aliphatic heterocycles. The normalized spacial score (nSPS) is 17.1. The van der Waals surface area contributed by atoms with Crippen LogP contribution in [-0.4, -0.2) is 8.07 Å². The minimum absolute atomic E-state index is 0.0261. The third-order valence-corrected chi connectivity index (χ3v) is 15.3. The summed E-state index contributed by atoms with van der Waals surface area (Å²) in [6.45, 7) is 21.5. The van der Waals surface area contributed by atoms with Gasteiger partial charge in [0.15, 0.2) is 24.1 Å². The van der Waals surface area contributed by atoms with Crippen molar-refractivity contribution in [3.8, 4) is 33.6 Å². The lowest BCUT2D eigenvalue weighted by Crippen LogP contribution is -2.54. The lowest BCUT2D eigenvalue weighted by Gasteiger charge is -2.32. The van der Waals surface area contributed by atoms with Crippen molar-refractivity contribution in [2.75, 3.05) is 0 Å². The zero-order valence-electron chi connectivity index (χ0n) is 32.6. The smallest absolute Gasteiger partial charge is 0.206 e. The highest BCUT2D eigenvalue weighted by Gasteiger charge is 2.44. The van der Waals surface area contributed by atoms with E-state index in [-0.39, 0.29) is 17.3 Å². The first-order valence-corrected chi connectivity index (χ1v) is 23.7. The van der Waals surface area contributed by atoms with Crippen LogP contribution in [0.15, 0.2) is 116 Å². The zero-order valence-corrected chi connectivity index (χ0v) is 34.4. The van der Waals surface area contributed by atoms with E-state index in [9.17, 15) is 0 Å². The van der Waals surface area contributed by atoms with Crippen molar-refractivity contribution in [3.05, 3.63) is 144 Å². The van der Waals surface area contributed by atoms with Crippen LogP contribution in [-0.2, 0) is 11.8 Å². The van der Waals surface area contributed by atoms with Crippen LogP contribution < -0.4 is 14.3 Å². The van der Waals surface area contributed by atoms with Gasteiger partial charge in [-0.05, 0) is 89.9 Å². The fourth-order valence-corrected chi connectivity index (χ4v) is 12.3. The van der Waals surface area contributed by atoms with E-state index in [0.717, 1.165) is 35.9 Å². The monoisotopic (exact) mass is 744 g/mol. The molecule has 0 saturated carbocycles. The molecule has 2 nitrogen and oxygen atoms in total. The number of aryl methyl sites for hydroxylation is 2. The van der Waals surface area contributed by atoms with Crippen molar-refractivity contribution in [3.63, 3.8) is 0 Å². The molecule has 0 radical (unpaired) electrons. The number of rotatable bonds is 2. The fraction of sp³-hybridized carbons (Fsp3) is 0.265. The third-order valence-electron chi connectivity index (χ3n) is 12.1. The van der Waals surface area contributed by atoms with E-state index in [1.165, 1.54) is 64.7 Å². The number of aromatic nitrogens is 2. The molecule has 0 fully saturated rings. The summed E-state index contributed by atoms with van der Waals surface area (Å²) in [5, 5.41) is 3.84. The molecule has 0 spiro atoms. The van der Waals surface area contributed by atoms with Gasteiger partial charge >= 0.3 is 0 Å². The van der Waals surface area contributed by atoms with Crippen molar-refractivity contribution in [1.82, 2.24) is 0 Å². The van der Waals surface area contributed by atoms with Crippen LogP contribution in [0, 0.1) is 12.7 Å². The molecule has 4 aromatic carbocycles. The summed E-state index contributed by atoms with van der Waals surface area (Å²) in [4.78, 5) is 0. The van der Waals surface area contributed by atoms with Crippen molar-refractivity contribution < 1.29 is 13.5 Å². The Morgan fingerprint density at radius 2 is 1.54 bits per heavy atom. The Labute approximate surface area is 324 Å². The number of hydrogen-bond donors (Lipinski definition) is 0. The number of halogens is 1. The highest BCUT2D eigenvalue weighted by atomic mass is 32.1. The molecule has 270 valence electrons. The van der Waals surface area contributed by atoms with Gasteiger partial charge in [-0.25, -0.2) is 4.39 Å². The molecule has 54 heavy (non-hydrogen) atoms. The molecule has 0 aliphatic carbocycles. The second-order valence-corrected chi connectivity index (χ2v) is 23.8. The van der Waals surface area contributed by atoms with Crippen molar-refractivity contribution >= 4 is 50.5 Å². The lowest BCUT2D eigenvalue weighted by atomic mass is 9.77. The predicted molar refractivity (Wildman–Crippen MR) is 229 cm³/mol. The molecular formula is C49H49FN2SSi+2. The van der Waals surface area contributed by atoms with Gasteiger partial charge in [0, 0.05) is 60.6 Å². The van der Waals surface area contributed by atoms with E-state index in [4.69, 9.17) is 6.58 Å². The Kier molecular flexibility index (Phi) is 8.22. The molecule has 0 saturated heterocycles. The van der Waals surface area contributed by atoms with Gasteiger partial charge in [-0.15, -0.1) is 11.3 Å². The molecule has 0 bridgehead atoms. The molecular weight excluding hydrogens is 696 g/mol. The molecule has 7 aromatic rings. The zero-order chi connectivity index (χ0) is 37.7. The molecule has 3 aromatic heterocycles. The van der Waals surface area contributed by atoms with E-state index in [1.807, 2.05) is 23.5 Å². The number of benzene rings is 4. The van der Waals surface area contributed by atoms with Gasteiger partial charge in [-0.1, -0.05) is 88.9 Å². The first-order chi connectivity index (χ1) is 25.8. The van der Waals surface area contributed by atoms with Crippen LogP contribution in [0.4, 0.5) is 4.39 Å². The predicted octanol–water partition coefficient (Wildman–Crippen LogP) is 12.1. The SMILES string of the molecule is C=C1CC2C(CCc3cc4sc5cccc(-c6ccccc6F)c5c4cc3-c3cc(C(C)(C)C)cc[n+]31)c1ccccc1-c1cc(C)c([Si](C)(C)C)c[n+]12. The van der Waals surface area contributed by atoms with Crippen molar-refractivity contribution in [1.29, 1.82) is 0 Å². The summed E-state index contributed by atoms with van der Waals surface area (Å²) in [7, 11) is -1.61. The third kappa shape index (κ3) is 5.70. The van der Waals surface area contributed by atoms with Gasteiger partial charge in [-0.3, -0.25) is 0 Å². The van der Waals surface area contributed by atoms with E-state index in [0.29, 0.717) is 11.5 Å². The van der Waals surface area contributed by atoms with Gasteiger partial charge in [-0.2, -0.15) is 9.13 Å². The summed E-state index contributed by atoms with van der Waals surface area (Å²) in [5.41, 5.74) is 13.3. The first-order valence-electron chi connectivity index (χ1n) is 19.4. The van der Waals surface area contributed by atoms with Gasteiger partial charge in [0.1, 0.15) is 5.82 Å². The maximum atomic E-state index is 15.4. The van der Waals surface area contributed by atoms with Crippen LogP contribution in [0.5, 0.6) is 0 Å². The molecule has 2 unspecified atom stereocenters. The maximum absolute atomic E-state index is 15.4. The Hall–Kier alpha value is -4.71. The molecule has 0 N–H and O–H groups in total. The summed E-state index contributed by atoms with van der Waals surface area (Å²) in [6.07, 6.45) is 7.61. The standard InChI is InChI=1S/C49H49FN2SSi/c1-30-24-42-36-16-10-9-14-34(36)37-21-20-32-26-46-40(48-38(17-13-19-45(48)53-46)35-15-11-12-18-41(35)50)28-39(32)44-27-33(49(3,4)5)22-23-51(44)31(2)25-43(37)52(42)29-47(30)54(6,7)8/h9-19,22-24,26-29,37,43H,2,20-21,25H2,1,3-8H3/q+2. The number of pyridine rings is 2. The Balaban J connectivity index is 1.30. The van der Waals surface area contributed by atoms with Crippen LogP contribution >= 0.6 is 11.3 Å². The minimum Gasteiger partial charge on any atom is -0.206 e. The quantitative estimate of drug-likeness (QED) is 0.123. The fourth-order valence-electron chi connectivity index (χ4n) is 9.35. The van der Waals surface area contributed by atoms with E-state index < -0.39 is 8.07 Å². The highest BCUT2D eigenvalue weighted by Crippen LogP contribution is 2.47. The average molecular weight is 745 g/mol. The molecule has 2 atom stereocenters. The lowest BCUT2D eigenvalue weighted by molar-refractivity contribution is -0.719. The van der Waals surface area contributed by atoms with Gasteiger partial charge in [0.2, 0.25) is 11.4 Å². The summed E-state index contributed by atoms with van der Waals surface area (Å²) < 4.78 is 22.8. The Morgan fingerprint density at radius 1 is 0.796 bits per heavy atom. The van der Waals surface area contributed by atoms with E-state index in [1.54, 1.807) is 12.1 Å². The first kappa shape index (κ1) is 35.0. The van der Waals surface area contributed by atoms with Crippen LogP contribution in [0.1, 0.15) is 67.8 Å². The largest absolute Gasteiger partial charge is 0.218 e. The molecule has 5 heteroatoms. The Bertz CT molecular complexity index is 2670. The van der Waals surface area contributed by atoms with E-state index >= 15 is 4.39 Å². The summed E-state index contributed by atoms with van der Waals surface area (Å²) in [5.74, 6) is 0.131. The number of nitrogens with zero attached hydrogens (tertiary/aromatic N) is 2. The summed E-state index contributed by atoms with van der Waals surface area (Å²) in [6, 6.07) is 34.9. The molecule has 0 amide bonds. The molecule has 5 heterocycles. The van der Waals surface area contributed by atoms with Crippen LogP contribution in [0.25, 0.3) is 59.5 Å². The van der Waals surface area contributed by atoms with Crippen LogP contribution in [0.2, 0.25) is 19.6 Å². The minimum atomic E-state index is -1.61. The second-order valence-electron chi connectivity index (χ2n) is 17.7. The average Bonchev–Trinajstić information content (AvgIpc) is 3.50. The van der Waals surface area contributed by atoms with Crippen molar-refractivity contribution in [2.24, 2.45) is 0 Å². The number of thiophene rings is 1. The highest BCUT2D eigenvalue weighted by molar-refractivity contribution is 7.26. The second kappa shape index (κ2) is 12.7. The summed E-state index contributed by atoms with van der Waals surface area (Å²) >= 11 is 1.82.